The van der Waals surface area contributed by atoms with Crippen LogP contribution in [0, 0.1) is 23.3 Å². The summed E-state index contributed by atoms with van der Waals surface area (Å²) in [6.45, 7) is 6.27. The molecule has 5 rings (SSSR count). The minimum atomic E-state index is -1.49. The molecule has 268 valence electrons. The number of hydrogen-bond donors (Lipinski definition) is 0. The van der Waals surface area contributed by atoms with Crippen molar-refractivity contribution in [1.29, 1.82) is 0 Å². The molecule has 2 atom stereocenters. The summed E-state index contributed by atoms with van der Waals surface area (Å²) in [7, 11) is 0. The minimum absolute atomic E-state index is 0.0260. The van der Waals surface area contributed by atoms with Crippen molar-refractivity contribution in [3.8, 4) is 23.0 Å². The highest BCUT2D eigenvalue weighted by atomic mass is 19.2. The molecule has 0 heterocycles. The lowest BCUT2D eigenvalue weighted by Crippen LogP contribution is -2.16. The molecule has 2 unspecified atom stereocenters. The highest BCUT2D eigenvalue weighted by molar-refractivity contribution is 5.93. The standard InChI is InChI=1S/C37H32F4O10/c1-3-28(42)48-17-5-15-46-26-11-9-22(32(38)34(26)40)36(44)50-24-13-14-25(31-21-8-7-20(19-21)30(24)31)51-37(45)23-10-12-27(35(41)33(23)39)47-16-6-18-49-29(43)4-2/h3-4,9-14,20-21H,1-2,5-8,15-19H2. The number of hydrogen-bond acceptors (Lipinski definition) is 10. The number of rotatable bonds is 16. The van der Waals surface area contributed by atoms with Gasteiger partial charge in [-0.2, -0.15) is 8.78 Å². The van der Waals surface area contributed by atoms with E-state index in [0.29, 0.717) is 17.5 Å². The number of benzene rings is 3. The Balaban J connectivity index is 1.26. The summed E-state index contributed by atoms with van der Waals surface area (Å²) in [4.78, 5) is 48.3. The van der Waals surface area contributed by atoms with E-state index in [-0.39, 0.29) is 62.6 Å². The van der Waals surface area contributed by atoms with Gasteiger partial charge < -0.3 is 28.4 Å². The Morgan fingerprint density at radius 3 is 1.37 bits per heavy atom. The third-order valence-corrected chi connectivity index (χ3v) is 8.31. The van der Waals surface area contributed by atoms with Gasteiger partial charge in [0.25, 0.3) is 0 Å². The first-order chi connectivity index (χ1) is 24.5. The van der Waals surface area contributed by atoms with E-state index in [1.807, 2.05) is 0 Å². The molecule has 0 amide bonds. The van der Waals surface area contributed by atoms with Gasteiger partial charge in [-0.1, -0.05) is 13.2 Å². The SMILES string of the molecule is C=CC(=O)OCCCOc1ccc(C(=O)Oc2ccc(OC(=O)c3ccc(OCCCOC(=O)C=C)c(F)c3F)c3c2C2CCC3C2)c(F)c1F. The van der Waals surface area contributed by atoms with Crippen LogP contribution in [0.1, 0.15) is 75.8 Å². The van der Waals surface area contributed by atoms with Crippen LogP contribution in [0.2, 0.25) is 0 Å². The second-order valence-electron chi connectivity index (χ2n) is 11.5. The van der Waals surface area contributed by atoms with Gasteiger partial charge in [-0.15, -0.1) is 0 Å². The molecule has 0 aliphatic heterocycles. The first-order valence-electron chi connectivity index (χ1n) is 15.9. The third-order valence-electron chi connectivity index (χ3n) is 8.31. The van der Waals surface area contributed by atoms with Crippen molar-refractivity contribution < 1.29 is 65.2 Å². The van der Waals surface area contributed by atoms with Crippen molar-refractivity contribution in [3.63, 3.8) is 0 Å². The minimum Gasteiger partial charge on any atom is -0.490 e. The molecule has 1 fully saturated rings. The Hall–Kier alpha value is -5.66. The number of esters is 4. The van der Waals surface area contributed by atoms with Gasteiger partial charge in [0.15, 0.2) is 23.1 Å². The summed E-state index contributed by atoms with van der Waals surface area (Å²) < 4.78 is 90.6. The zero-order valence-corrected chi connectivity index (χ0v) is 27.1. The Bertz CT molecular complexity index is 1740. The molecule has 0 saturated heterocycles. The van der Waals surface area contributed by atoms with Gasteiger partial charge in [0.05, 0.1) is 37.6 Å². The third kappa shape index (κ3) is 8.22. The van der Waals surface area contributed by atoms with E-state index >= 15 is 0 Å². The van der Waals surface area contributed by atoms with Gasteiger partial charge in [0, 0.05) is 36.1 Å². The van der Waals surface area contributed by atoms with Crippen LogP contribution in [0.25, 0.3) is 0 Å². The zero-order chi connectivity index (χ0) is 36.7. The van der Waals surface area contributed by atoms with Crippen molar-refractivity contribution in [2.24, 2.45) is 0 Å². The Morgan fingerprint density at radius 1 is 0.588 bits per heavy atom. The molecular weight excluding hydrogens is 680 g/mol. The van der Waals surface area contributed by atoms with E-state index in [9.17, 15) is 36.7 Å². The van der Waals surface area contributed by atoms with E-state index in [2.05, 4.69) is 13.2 Å². The molecular formula is C37H32F4O10. The van der Waals surface area contributed by atoms with Gasteiger partial charge >= 0.3 is 23.9 Å². The predicted molar refractivity (Wildman–Crippen MR) is 171 cm³/mol. The average molecular weight is 713 g/mol. The van der Waals surface area contributed by atoms with Crippen LogP contribution in [0.5, 0.6) is 23.0 Å². The summed E-state index contributed by atoms with van der Waals surface area (Å²) in [5.74, 6) is -10.4. The van der Waals surface area contributed by atoms with Crippen LogP contribution in [0.3, 0.4) is 0 Å². The molecule has 2 bridgehead atoms. The largest absolute Gasteiger partial charge is 0.490 e. The van der Waals surface area contributed by atoms with Crippen molar-refractivity contribution >= 4 is 23.9 Å². The van der Waals surface area contributed by atoms with Crippen molar-refractivity contribution in [1.82, 2.24) is 0 Å². The monoisotopic (exact) mass is 712 g/mol. The van der Waals surface area contributed by atoms with Crippen LogP contribution < -0.4 is 18.9 Å². The number of ether oxygens (including phenoxy) is 6. The van der Waals surface area contributed by atoms with Gasteiger partial charge in [-0.3, -0.25) is 0 Å². The van der Waals surface area contributed by atoms with E-state index < -0.39 is 69.8 Å². The highest BCUT2D eigenvalue weighted by Gasteiger charge is 2.42. The van der Waals surface area contributed by atoms with E-state index in [1.54, 1.807) is 0 Å². The molecule has 0 aromatic heterocycles. The van der Waals surface area contributed by atoms with Gasteiger partial charge in [-0.05, 0) is 67.5 Å². The molecule has 3 aromatic rings. The quantitative estimate of drug-likeness (QED) is 0.0502. The first-order valence-corrected chi connectivity index (χ1v) is 15.9. The summed E-state index contributed by atoms with van der Waals surface area (Å²) in [6.07, 6.45) is 4.47. The lowest BCUT2D eigenvalue weighted by atomic mass is 9.90. The molecule has 2 aliphatic carbocycles. The van der Waals surface area contributed by atoms with E-state index in [0.717, 1.165) is 49.3 Å². The topological polar surface area (TPSA) is 124 Å². The van der Waals surface area contributed by atoms with E-state index in [4.69, 9.17) is 28.4 Å². The maximum absolute atomic E-state index is 15.0. The fourth-order valence-corrected chi connectivity index (χ4v) is 5.98. The average Bonchev–Trinajstić information content (AvgIpc) is 3.75. The Labute approximate surface area is 289 Å². The van der Waals surface area contributed by atoms with Crippen molar-refractivity contribution in [2.45, 2.75) is 43.9 Å². The Morgan fingerprint density at radius 2 is 0.980 bits per heavy atom. The molecule has 51 heavy (non-hydrogen) atoms. The second-order valence-corrected chi connectivity index (χ2v) is 11.5. The number of carbonyl (C=O) groups excluding carboxylic acids is 4. The fraction of sp³-hybridized carbons (Fsp3) is 0.297. The second kappa shape index (κ2) is 16.4. The lowest BCUT2D eigenvalue weighted by Gasteiger charge is -2.21. The highest BCUT2D eigenvalue weighted by Crippen LogP contribution is 2.58. The fourth-order valence-electron chi connectivity index (χ4n) is 5.98. The smallest absolute Gasteiger partial charge is 0.346 e. The molecule has 3 aromatic carbocycles. The van der Waals surface area contributed by atoms with Crippen LogP contribution in [0.4, 0.5) is 17.6 Å². The molecule has 10 nitrogen and oxygen atoms in total. The van der Waals surface area contributed by atoms with Crippen LogP contribution >= 0.6 is 0 Å². The molecule has 0 radical (unpaired) electrons. The summed E-state index contributed by atoms with van der Waals surface area (Å²) in [5.41, 5.74) is -0.268. The summed E-state index contributed by atoms with van der Waals surface area (Å²) in [6, 6.07) is 6.85. The van der Waals surface area contributed by atoms with E-state index in [1.165, 1.54) is 12.1 Å². The van der Waals surface area contributed by atoms with Crippen LogP contribution in [-0.4, -0.2) is 50.3 Å². The maximum Gasteiger partial charge on any atom is 0.346 e. The van der Waals surface area contributed by atoms with Gasteiger partial charge in [0.2, 0.25) is 11.6 Å². The molecule has 14 heteroatoms. The summed E-state index contributed by atoms with van der Waals surface area (Å²) >= 11 is 0. The number of carbonyl (C=O) groups is 4. The maximum atomic E-state index is 15.0. The first kappa shape index (κ1) is 36.6. The number of halogens is 4. The molecule has 0 N–H and O–H groups in total. The summed E-state index contributed by atoms with van der Waals surface area (Å²) in [5, 5.41) is 0. The van der Waals surface area contributed by atoms with Crippen LogP contribution in [-0.2, 0) is 19.1 Å². The molecule has 1 saturated carbocycles. The van der Waals surface area contributed by atoms with Gasteiger partial charge in [-0.25, -0.2) is 28.0 Å². The normalized spacial score (nSPS) is 15.4. The zero-order valence-electron chi connectivity index (χ0n) is 27.1. The Kier molecular flexibility index (Phi) is 11.7. The van der Waals surface area contributed by atoms with Gasteiger partial charge in [0.1, 0.15) is 11.5 Å². The molecule has 0 spiro atoms. The number of fused-ring (bicyclic) bond motifs is 5. The predicted octanol–water partition coefficient (Wildman–Crippen LogP) is 7.04. The van der Waals surface area contributed by atoms with Crippen molar-refractivity contribution in [2.75, 3.05) is 26.4 Å². The lowest BCUT2D eigenvalue weighted by molar-refractivity contribution is -0.138. The molecule has 2 aliphatic rings. The van der Waals surface area contributed by atoms with Crippen molar-refractivity contribution in [3.05, 3.63) is 107 Å². The van der Waals surface area contributed by atoms with Crippen LogP contribution in [0.15, 0.2) is 61.7 Å².